The molecule has 0 saturated carbocycles. The maximum Gasteiger partial charge on any atom is 0.269 e. The van der Waals surface area contributed by atoms with Crippen molar-refractivity contribution in [3.8, 4) is 11.4 Å². The van der Waals surface area contributed by atoms with Gasteiger partial charge in [-0.25, -0.2) is 4.68 Å². The van der Waals surface area contributed by atoms with E-state index >= 15 is 0 Å². The Hall–Kier alpha value is -3.61. The number of nitrogens with one attached hydrogen (secondary N) is 2. The molecule has 3 rings (SSSR count). The zero-order valence-electron chi connectivity index (χ0n) is 15.1. The largest absolute Gasteiger partial charge is 0.494 e. The van der Waals surface area contributed by atoms with Crippen LogP contribution in [0.25, 0.3) is 5.69 Å². The molecule has 2 amide bonds. The molecule has 0 atom stereocenters. The van der Waals surface area contributed by atoms with Crippen molar-refractivity contribution in [2.24, 2.45) is 0 Å². The molecule has 3 aromatic rings. The summed E-state index contributed by atoms with van der Waals surface area (Å²) in [5, 5.41) is 4.22. The highest BCUT2D eigenvalue weighted by atomic mass is 16.5. The van der Waals surface area contributed by atoms with Gasteiger partial charge in [-0.3, -0.25) is 20.4 Å². The quantitative estimate of drug-likeness (QED) is 0.682. The molecule has 0 bridgehead atoms. The summed E-state index contributed by atoms with van der Waals surface area (Å²) in [6, 6.07) is 15.5. The smallest absolute Gasteiger partial charge is 0.269 e. The lowest BCUT2D eigenvalue weighted by molar-refractivity contribution is 0.0846. The molecule has 2 N–H and O–H groups in total. The molecule has 7 nitrogen and oxygen atoms in total. The second-order valence-electron chi connectivity index (χ2n) is 5.80. The molecular formula is C20H20N4O3. The van der Waals surface area contributed by atoms with Crippen molar-refractivity contribution in [3.05, 3.63) is 77.6 Å². The molecule has 0 unspecified atom stereocenters. The van der Waals surface area contributed by atoms with Crippen molar-refractivity contribution >= 4 is 11.8 Å². The van der Waals surface area contributed by atoms with Crippen LogP contribution < -0.4 is 15.6 Å². The third kappa shape index (κ3) is 4.33. The van der Waals surface area contributed by atoms with Gasteiger partial charge in [0, 0.05) is 23.0 Å². The highest BCUT2D eigenvalue weighted by Crippen LogP contribution is 2.12. The predicted octanol–water partition coefficient (Wildman–Crippen LogP) is 2.65. The SMILES string of the molecule is CCOc1ccc(C(=O)NNC(=O)c2ccc(-n3nccc3C)cc2)cc1. The van der Waals surface area contributed by atoms with Gasteiger partial charge in [0.2, 0.25) is 0 Å². The number of carbonyl (C=O) groups is 2. The van der Waals surface area contributed by atoms with Gasteiger partial charge in [-0.2, -0.15) is 5.10 Å². The van der Waals surface area contributed by atoms with E-state index in [0.717, 1.165) is 11.4 Å². The Labute approximate surface area is 156 Å². The van der Waals surface area contributed by atoms with E-state index in [2.05, 4.69) is 16.0 Å². The number of rotatable bonds is 5. The summed E-state index contributed by atoms with van der Waals surface area (Å²) in [6.45, 7) is 4.39. The van der Waals surface area contributed by atoms with Crippen molar-refractivity contribution in [2.45, 2.75) is 13.8 Å². The van der Waals surface area contributed by atoms with E-state index in [-0.39, 0.29) is 0 Å². The number of hydrogen-bond acceptors (Lipinski definition) is 4. The van der Waals surface area contributed by atoms with Crippen LogP contribution in [0.4, 0.5) is 0 Å². The molecular weight excluding hydrogens is 344 g/mol. The van der Waals surface area contributed by atoms with E-state index in [4.69, 9.17) is 4.74 Å². The molecule has 7 heteroatoms. The minimum absolute atomic E-state index is 0.405. The Kier molecular flexibility index (Phi) is 5.51. The summed E-state index contributed by atoms with van der Waals surface area (Å²) in [5.74, 6) is -0.126. The van der Waals surface area contributed by atoms with Crippen LogP contribution in [0.1, 0.15) is 33.3 Å². The number of aryl methyl sites for hydroxylation is 1. The monoisotopic (exact) mass is 364 g/mol. The topological polar surface area (TPSA) is 85.3 Å². The van der Waals surface area contributed by atoms with Crippen LogP contribution in [0.15, 0.2) is 60.8 Å². The van der Waals surface area contributed by atoms with E-state index in [9.17, 15) is 9.59 Å². The Bertz CT molecular complexity index is 931. The standard InChI is InChI=1S/C20H20N4O3/c1-3-27-18-10-6-16(7-11-18)20(26)23-22-19(25)15-4-8-17(9-5-15)24-14(2)12-13-21-24/h4-13H,3H2,1-2H3,(H,22,25)(H,23,26). The summed E-state index contributed by atoms with van der Waals surface area (Å²) in [7, 11) is 0. The molecule has 0 aliphatic rings. The fraction of sp³-hybridized carbons (Fsp3) is 0.150. The van der Waals surface area contributed by atoms with Crippen molar-refractivity contribution in [2.75, 3.05) is 6.61 Å². The molecule has 1 heterocycles. The van der Waals surface area contributed by atoms with Gasteiger partial charge in [0.25, 0.3) is 11.8 Å². The minimum atomic E-state index is -0.407. The number of ether oxygens (including phenoxy) is 1. The Balaban J connectivity index is 1.58. The first-order chi connectivity index (χ1) is 13.1. The number of hydrogen-bond donors (Lipinski definition) is 2. The van der Waals surface area contributed by atoms with Gasteiger partial charge >= 0.3 is 0 Å². The van der Waals surface area contributed by atoms with E-state index in [1.54, 1.807) is 59.4 Å². The molecule has 138 valence electrons. The van der Waals surface area contributed by atoms with Gasteiger partial charge in [0.05, 0.1) is 12.3 Å². The van der Waals surface area contributed by atoms with Crippen molar-refractivity contribution in [1.29, 1.82) is 0 Å². The summed E-state index contributed by atoms with van der Waals surface area (Å²) in [6.07, 6.45) is 1.71. The number of carbonyl (C=O) groups excluding carboxylic acids is 2. The Morgan fingerprint density at radius 1 is 0.926 bits per heavy atom. The van der Waals surface area contributed by atoms with Gasteiger partial charge in [-0.15, -0.1) is 0 Å². The predicted molar refractivity (Wildman–Crippen MR) is 101 cm³/mol. The molecule has 0 saturated heterocycles. The second kappa shape index (κ2) is 8.18. The van der Waals surface area contributed by atoms with E-state index in [1.165, 1.54) is 0 Å². The first-order valence-corrected chi connectivity index (χ1v) is 8.53. The average molecular weight is 364 g/mol. The summed E-state index contributed by atoms with van der Waals surface area (Å²) in [4.78, 5) is 24.3. The van der Waals surface area contributed by atoms with Crippen molar-refractivity contribution in [3.63, 3.8) is 0 Å². The van der Waals surface area contributed by atoms with Crippen LogP contribution in [0.3, 0.4) is 0 Å². The Morgan fingerprint density at radius 3 is 1.96 bits per heavy atom. The molecule has 0 aliphatic heterocycles. The maximum atomic E-state index is 12.2. The third-order valence-corrected chi connectivity index (χ3v) is 3.92. The highest BCUT2D eigenvalue weighted by Gasteiger charge is 2.10. The summed E-state index contributed by atoms with van der Waals surface area (Å²) < 4.78 is 7.11. The number of benzene rings is 2. The van der Waals surface area contributed by atoms with E-state index < -0.39 is 11.8 Å². The van der Waals surface area contributed by atoms with Crippen LogP contribution >= 0.6 is 0 Å². The number of hydrazine groups is 1. The van der Waals surface area contributed by atoms with E-state index in [0.29, 0.717) is 23.5 Å². The fourth-order valence-electron chi connectivity index (χ4n) is 2.52. The molecule has 0 spiro atoms. The lowest BCUT2D eigenvalue weighted by Gasteiger charge is -2.09. The average Bonchev–Trinajstić information content (AvgIpc) is 3.12. The fourth-order valence-corrected chi connectivity index (χ4v) is 2.52. The number of aromatic nitrogens is 2. The summed E-state index contributed by atoms with van der Waals surface area (Å²) >= 11 is 0. The zero-order valence-corrected chi connectivity index (χ0v) is 15.1. The number of amides is 2. The van der Waals surface area contributed by atoms with Crippen molar-refractivity contribution in [1.82, 2.24) is 20.6 Å². The van der Waals surface area contributed by atoms with Gasteiger partial charge in [-0.1, -0.05) is 0 Å². The number of nitrogens with zero attached hydrogens (tertiary/aromatic N) is 2. The van der Waals surface area contributed by atoms with Gasteiger partial charge in [-0.05, 0) is 68.4 Å². The second-order valence-corrected chi connectivity index (χ2v) is 5.80. The zero-order chi connectivity index (χ0) is 19.2. The third-order valence-electron chi connectivity index (χ3n) is 3.92. The van der Waals surface area contributed by atoms with E-state index in [1.807, 2.05) is 19.9 Å². The van der Waals surface area contributed by atoms with Gasteiger partial charge in [0.15, 0.2) is 0 Å². The lowest BCUT2D eigenvalue weighted by Crippen LogP contribution is -2.41. The van der Waals surface area contributed by atoms with Gasteiger partial charge in [0.1, 0.15) is 5.75 Å². The molecule has 1 aromatic heterocycles. The minimum Gasteiger partial charge on any atom is -0.494 e. The van der Waals surface area contributed by atoms with Crippen LogP contribution in [0.2, 0.25) is 0 Å². The van der Waals surface area contributed by atoms with Crippen LogP contribution in [0, 0.1) is 6.92 Å². The molecule has 0 fully saturated rings. The lowest BCUT2D eigenvalue weighted by atomic mass is 10.2. The Morgan fingerprint density at radius 2 is 1.48 bits per heavy atom. The van der Waals surface area contributed by atoms with Gasteiger partial charge < -0.3 is 4.74 Å². The molecule has 27 heavy (non-hydrogen) atoms. The molecule has 2 aromatic carbocycles. The summed E-state index contributed by atoms with van der Waals surface area (Å²) in [5.41, 5.74) is 7.51. The first kappa shape index (κ1) is 18.2. The van der Waals surface area contributed by atoms with Crippen LogP contribution in [-0.2, 0) is 0 Å². The highest BCUT2D eigenvalue weighted by molar-refractivity contribution is 5.99. The molecule has 0 aliphatic carbocycles. The normalized spacial score (nSPS) is 10.3. The first-order valence-electron chi connectivity index (χ1n) is 8.53. The van der Waals surface area contributed by atoms with Crippen LogP contribution in [0.5, 0.6) is 5.75 Å². The van der Waals surface area contributed by atoms with Crippen LogP contribution in [-0.4, -0.2) is 28.2 Å². The van der Waals surface area contributed by atoms with Crippen molar-refractivity contribution < 1.29 is 14.3 Å². The molecule has 0 radical (unpaired) electrons. The maximum absolute atomic E-state index is 12.2.